The van der Waals surface area contributed by atoms with Crippen molar-refractivity contribution < 1.29 is 4.79 Å². The van der Waals surface area contributed by atoms with E-state index in [0.29, 0.717) is 13.1 Å². The molecule has 18 heavy (non-hydrogen) atoms. The number of amides is 1. The van der Waals surface area contributed by atoms with Gasteiger partial charge in [0.2, 0.25) is 5.91 Å². The van der Waals surface area contributed by atoms with Crippen LogP contribution in [0.15, 0.2) is 5.16 Å². The Hall–Kier alpha value is -1.08. The summed E-state index contributed by atoms with van der Waals surface area (Å²) in [4.78, 5) is 11.8. The maximum absolute atomic E-state index is 11.8. The van der Waals surface area contributed by atoms with Crippen molar-refractivity contribution in [2.45, 2.75) is 50.7 Å². The highest BCUT2D eigenvalue weighted by Gasteiger charge is 2.18. The largest absolute Gasteiger partial charge is 0.355 e. The van der Waals surface area contributed by atoms with Crippen molar-refractivity contribution in [2.75, 3.05) is 6.54 Å². The Balaban J connectivity index is 2.66. The highest BCUT2D eigenvalue weighted by molar-refractivity contribution is 8.00. The summed E-state index contributed by atoms with van der Waals surface area (Å²) in [5, 5.41) is 11.5. The average molecular weight is 271 g/mol. The number of nitrogens with zero attached hydrogens (tertiary/aromatic N) is 3. The van der Waals surface area contributed by atoms with Crippen LogP contribution in [0, 0.1) is 0 Å². The molecule has 1 unspecified atom stereocenters. The minimum absolute atomic E-state index is 0.0294. The van der Waals surface area contributed by atoms with Crippen LogP contribution in [0.25, 0.3) is 0 Å². The van der Waals surface area contributed by atoms with Crippen LogP contribution < -0.4 is 11.1 Å². The van der Waals surface area contributed by atoms with E-state index in [-0.39, 0.29) is 11.2 Å². The molecule has 0 spiro atoms. The summed E-state index contributed by atoms with van der Waals surface area (Å²) in [7, 11) is 0. The van der Waals surface area contributed by atoms with Crippen LogP contribution in [-0.2, 0) is 17.9 Å². The Morgan fingerprint density at radius 1 is 1.50 bits per heavy atom. The summed E-state index contributed by atoms with van der Waals surface area (Å²) in [5.41, 5.74) is 5.58. The van der Waals surface area contributed by atoms with E-state index in [1.54, 1.807) is 0 Å². The summed E-state index contributed by atoms with van der Waals surface area (Å²) in [6, 6.07) is 0. The second-order valence-corrected chi connectivity index (χ2v) is 5.21. The highest BCUT2D eigenvalue weighted by atomic mass is 32.2. The molecule has 7 heteroatoms. The summed E-state index contributed by atoms with van der Waals surface area (Å²) in [6.07, 6.45) is 0.936. The minimum Gasteiger partial charge on any atom is -0.355 e. The second-order valence-electron chi connectivity index (χ2n) is 3.90. The number of nitrogens with two attached hydrogens (primary N) is 1. The van der Waals surface area contributed by atoms with Gasteiger partial charge in [-0.1, -0.05) is 18.7 Å². The Morgan fingerprint density at radius 3 is 2.78 bits per heavy atom. The van der Waals surface area contributed by atoms with E-state index in [2.05, 4.69) is 15.5 Å². The van der Waals surface area contributed by atoms with Crippen molar-refractivity contribution in [2.24, 2.45) is 5.73 Å². The van der Waals surface area contributed by atoms with E-state index in [0.717, 1.165) is 23.9 Å². The third-order valence-electron chi connectivity index (χ3n) is 2.49. The summed E-state index contributed by atoms with van der Waals surface area (Å²) >= 11 is 1.41. The van der Waals surface area contributed by atoms with Gasteiger partial charge in [0.1, 0.15) is 5.82 Å². The molecule has 0 aliphatic rings. The van der Waals surface area contributed by atoms with E-state index in [4.69, 9.17) is 5.73 Å². The van der Waals surface area contributed by atoms with Gasteiger partial charge in [-0.15, -0.1) is 10.2 Å². The molecule has 1 aromatic heterocycles. The van der Waals surface area contributed by atoms with Crippen molar-refractivity contribution in [3.63, 3.8) is 0 Å². The summed E-state index contributed by atoms with van der Waals surface area (Å²) in [5.74, 6) is 0.781. The maximum Gasteiger partial charge on any atom is 0.233 e. The van der Waals surface area contributed by atoms with Crippen molar-refractivity contribution >= 4 is 17.7 Å². The van der Waals surface area contributed by atoms with Crippen LogP contribution in [-0.4, -0.2) is 32.5 Å². The number of rotatable bonds is 7. The lowest BCUT2D eigenvalue weighted by atomic mass is 10.4. The Bertz CT molecular complexity index is 393. The number of thioether (sulfide) groups is 1. The molecule has 0 saturated heterocycles. The molecule has 1 atom stereocenters. The summed E-state index contributed by atoms with van der Waals surface area (Å²) in [6.45, 7) is 7.72. The standard InChI is InChI=1S/C11H21N5OS/c1-4-6-13-10(17)8(3)18-11-15-14-9(7-12)16(11)5-2/h8H,4-7,12H2,1-3H3,(H,13,17). The molecule has 102 valence electrons. The third-order valence-corrected chi connectivity index (χ3v) is 3.57. The molecule has 6 nitrogen and oxygen atoms in total. The van der Waals surface area contributed by atoms with E-state index < -0.39 is 0 Å². The SMILES string of the molecule is CCCNC(=O)C(C)Sc1nnc(CN)n1CC. The van der Waals surface area contributed by atoms with Gasteiger partial charge in [0, 0.05) is 13.1 Å². The van der Waals surface area contributed by atoms with Crippen molar-refractivity contribution in [1.82, 2.24) is 20.1 Å². The molecule has 1 aromatic rings. The molecule has 1 amide bonds. The first-order chi connectivity index (χ1) is 8.63. The number of carbonyl (C=O) groups excluding carboxylic acids is 1. The molecule has 0 saturated carbocycles. The first kappa shape index (κ1) is 15.0. The zero-order valence-corrected chi connectivity index (χ0v) is 12.0. The lowest BCUT2D eigenvalue weighted by Gasteiger charge is -2.11. The Kier molecular flexibility index (Phi) is 6.14. The Labute approximate surface area is 112 Å². The van der Waals surface area contributed by atoms with E-state index in [1.165, 1.54) is 11.8 Å². The van der Waals surface area contributed by atoms with Gasteiger partial charge in [-0.25, -0.2) is 0 Å². The molecule has 0 aliphatic carbocycles. The first-order valence-corrected chi connectivity index (χ1v) is 7.08. The molecular formula is C11H21N5OS. The van der Waals surface area contributed by atoms with Gasteiger partial charge >= 0.3 is 0 Å². The number of nitrogens with one attached hydrogen (secondary N) is 1. The minimum atomic E-state index is -0.184. The average Bonchev–Trinajstić information content (AvgIpc) is 2.77. The molecule has 0 aromatic carbocycles. The Morgan fingerprint density at radius 2 is 2.22 bits per heavy atom. The monoisotopic (exact) mass is 271 g/mol. The quantitative estimate of drug-likeness (QED) is 0.715. The van der Waals surface area contributed by atoms with Crippen LogP contribution >= 0.6 is 11.8 Å². The van der Waals surface area contributed by atoms with Gasteiger partial charge in [-0.2, -0.15) is 0 Å². The van der Waals surface area contributed by atoms with Crippen LogP contribution in [0.5, 0.6) is 0 Å². The fourth-order valence-electron chi connectivity index (χ4n) is 1.48. The zero-order chi connectivity index (χ0) is 13.5. The van der Waals surface area contributed by atoms with Gasteiger partial charge in [0.15, 0.2) is 5.16 Å². The molecule has 0 fully saturated rings. The van der Waals surface area contributed by atoms with Crippen LogP contribution in [0.3, 0.4) is 0 Å². The third kappa shape index (κ3) is 3.71. The van der Waals surface area contributed by atoms with Gasteiger partial charge in [-0.3, -0.25) is 4.79 Å². The number of carbonyl (C=O) groups is 1. The molecule has 0 bridgehead atoms. The van der Waals surface area contributed by atoms with Crippen LogP contribution in [0.4, 0.5) is 0 Å². The van der Waals surface area contributed by atoms with Gasteiger partial charge < -0.3 is 15.6 Å². The zero-order valence-electron chi connectivity index (χ0n) is 11.1. The molecule has 0 radical (unpaired) electrons. The predicted molar refractivity (Wildman–Crippen MR) is 72.2 cm³/mol. The van der Waals surface area contributed by atoms with Gasteiger partial charge in [0.05, 0.1) is 11.8 Å². The maximum atomic E-state index is 11.8. The highest BCUT2D eigenvalue weighted by Crippen LogP contribution is 2.22. The number of hydrogen-bond acceptors (Lipinski definition) is 5. The molecule has 3 N–H and O–H groups in total. The molecule has 1 rings (SSSR count). The van der Waals surface area contributed by atoms with Gasteiger partial charge in [-0.05, 0) is 20.3 Å². The van der Waals surface area contributed by atoms with Crippen LogP contribution in [0.2, 0.25) is 0 Å². The van der Waals surface area contributed by atoms with E-state index >= 15 is 0 Å². The molecule has 1 heterocycles. The summed E-state index contributed by atoms with van der Waals surface area (Å²) < 4.78 is 1.94. The first-order valence-electron chi connectivity index (χ1n) is 6.20. The fraction of sp³-hybridized carbons (Fsp3) is 0.727. The number of hydrogen-bond donors (Lipinski definition) is 2. The number of aromatic nitrogens is 3. The van der Waals surface area contributed by atoms with Crippen molar-refractivity contribution in [1.29, 1.82) is 0 Å². The fourth-order valence-corrected chi connectivity index (χ4v) is 2.43. The van der Waals surface area contributed by atoms with Crippen molar-refractivity contribution in [3.05, 3.63) is 5.82 Å². The topological polar surface area (TPSA) is 85.8 Å². The predicted octanol–water partition coefficient (Wildman–Crippen LogP) is 0.763. The lowest BCUT2D eigenvalue weighted by Crippen LogP contribution is -2.31. The normalized spacial score (nSPS) is 12.4. The lowest BCUT2D eigenvalue weighted by molar-refractivity contribution is -0.120. The van der Waals surface area contributed by atoms with E-state index in [9.17, 15) is 4.79 Å². The van der Waals surface area contributed by atoms with Crippen LogP contribution in [0.1, 0.15) is 33.0 Å². The van der Waals surface area contributed by atoms with Gasteiger partial charge in [0.25, 0.3) is 0 Å². The smallest absolute Gasteiger partial charge is 0.233 e. The molecule has 0 aliphatic heterocycles. The van der Waals surface area contributed by atoms with Crippen molar-refractivity contribution in [3.8, 4) is 0 Å². The van der Waals surface area contributed by atoms with E-state index in [1.807, 2.05) is 25.3 Å². The molecular weight excluding hydrogens is 250 g/mol. The second kappa shape index (κ2) is 7.38.